The maximum Gasteiger partial charge on any atom is 0.0385 e. The Hall–Kier alpha value is -1.30. The van der Waals surface area contributed by atoms with Gasteiger partial charge in [0.2, 0.25) is 0 Å². The summed E-state index contributed by atoms with van der Waals surface area (Å²) < 4.78 is 0. The van der Waals surface area contributed by atoms with E-state index in [1.807, 2.05) is 0 Å². The fourth-order valence-corrected chi connectivity index (χ4v) is 2.44. The van der Waals surface area contributed by atoms with Crippen molar-refractivity contribution in [2.24, 2.45) is 5.73 Å². The van der Waals surface area contributed by atoms with Crippen molar-refractivity contribution in [1.29, 1.82) is 0 Å². The van der Waals surface area contributed by atoms with Gasteiger partial charge in [0.15, 0.2) is 0 Å². The highest BCUT2D eigenvalue weighted by Gasteiger charge is 2.34. The van der Waals surface area contributed by atoms with Crippen molar-refractivity contribution >= 4 is 0 Å². The van der Waals surface area contributed by atoms with E-state index in [0.29, 0.717) is 6.54 Å². The first-order valence-electron chi connectivity index (χ1n) is 5.75. The molecule has 0 saturated carbocycles. The van der Waals surface area contributed by atoms with Crippen LogP contribution in [0.5, 0.6) is 0 Å². The zero-order chi connectivity index (χ0) is 11.4. The Morgan fingerprint density at radius 1 is 1.31 bits per heavy atom. The number of nitrogens with one attached hydrogen (secondary N) is 1. The van der Waals surface area contributed by atoms with Crippen LogP contribution in [0, 0.1) is 12.3 Å². The largest absolute Gasteiger partial charge is 0.329 e. The lowest BCUT2D eigenvalue weighted by atomic mass is 9.95. The summed E-state index contributed by atoms with van der Waals surface area (Å²) in [6.07, 6.45) is 8.06. The second-order valence-corrected chi connectivity index (χ2v) is 4.49. The Morgan fingerprint density at radius 2 is 1.94 bits per heavy atom. The minimum atomic E-state index is 0.0283. The standard InChI is InChI=1S/C14H18N2/c1-2-3-8-16-14(11-15)9-12-6-4-5-7-13(12)10-14/h1,4-7,16H,3,8-11,15H2. The number of benzene rings is 1. The van der Waals surface area contributed by atoms with Gasteiger partial charge in [-0.3, -0.25) is 0 Å². The van der Waals surface area contributed by atoms with Gasteiger partial charge in [-0.25, -0.2) is 0 Å². The monoisotopic (exact) mass is 214 g/mol. The van der Waals surface area contributed by atoms with E-state index in [-0.39, 0.29) is 5.54 Å². The third-order valence-electron chi connectivity index (χ3n) is 3.34. The van der Waals surface area contributed by atoms with Crippen molar-refractivity contribution in [2.45, 2.75) is 24.8 Å². The second-order valence-electron chi connectivity index (χ2n) is 4.49. The fourth-order valence-electron chi connectivity index (χ4n) is 2.44. The summed E-state index contributed by atoms with van der Waals surface area (Å²) in [5.41, 5.74) is 8.78. The molecule has 1 aromatic rings. The molecule has 0 radical (unpaired) electrons. The van der Waals surface area contributed by atoms with Gasteiger partial charge in [-0.1, -0.05) is 24.3 Å². The smallest absolute Gasteiger partial charge is 0.0385 e. The molecule has 0 amide bonds. The number of rotatable bonds is 4. The lowest BCUT2D eigenvalue weighted by Crippen LogP contribution is -2.52. The van der Waals surface area contributed by atoms with Crippen LogP contribution in [-0.4, -0.2) is 18.6 Å². The first-order valence-corrected chi connectivity index (χ1v) is 5.75. The van der Waals surface area contributed by atoms with Crippen LogP contribution < -0.4 is 11.1 Å². The van der Waals surface area contributed by atoms with Gasteiger partial charge in [-0.2, -0.15) is 0 Å². The molecule has 84 valence electrons. The molecule has 0 saturated heterocycles. The minimum Gasteiger partial charge on any atom is -0.329 e. The van der Waals surface area contributed by atoms with Crippen LogP contribution in [0.1, 0.15) is 17.5 Å². The van der Waals surface area contributed by atoms with E-state index in [1.54, 1.807) is 0 Å². The van der Waals surface area contributed by atoms with Crippen molar-refractivity contribution < 1.29 is 0 Å². The molecule has 0 bridgehead atoms. The highest BCUT2D eigenvalue weighted by atomic mass is 15.0. The Labute approximate surface area is 97.2 Å². The van der Waals surface area contributed by atoms with Gasteiger partial charge in [0.05, 0.1) is 0 Å². The Bertz CT molecular complexity index is 378. The lowest BCUT2D eigenvalue weighted by Gasteiger charge is -2.28. The number of hydrogen-bond donors (Lipinski definition) is 2. The van der Waals surface area contributed by atoms with E-state index < -0.39 is 0 Å². The molecule has 0 fully saturated rings. The summed E-state index contributed by atoms with van der Waals surface area (Å²) in [6, 6.07) is 8.56. The highest BCUT2D eigenvalue weighted by molar-refractivity contribution is 5.36. The molecule has 1 aromatic carbocycles. The van der Waals surface area contributed by atoms with E-state index in [0.717, 1.165) is 25.8 Å². The summed E-state index contributed by atoms with van der Waals surface area (Å²) in [7, 11) is 0. The molecule has 2 heteroatoms. The number of nitrogens with two attached hydrogens (primary N) is 1. The summed E-state index contributed by atoms with van der Waals surface area (Å²) in [5, 5.41) is 3.53. The van der Waals surface area contributed by atoms with Gasteiger partial charge in [-0.05, 0) is 24.0 Å². The first-order chi connectivity index (χ1) is 7.79. The van der Waals surface area contributed by atoms with E-state index in [1.165, 1.54) is 11.1 Å². The molecule has 0 spiro atoms. The van der Waals surface area contributed by atoms with E-state index in [4.69, 9.17) is 12.2 Å². The van der Waals surface area contributed by atoms with E-state index in [9.17, 15) is 0 Å². The maximum absolute atomic E-state index is 5.92. The number of terminal acetylenes is 1. The zero-order valence-corrected chi connectivity index (χ0v) is 9.50. The topological polar surface area (TPSA) is 38.0 Å². The van der Waals surface area contributed by atoms with E-state index in [2.05, 4.69) is 35.5 Å². The molecule has 2 nitrogen and oxygen atoms in total. The molecular formula is C14H18N2. The summed E-state index contributed by atoms with van der Waals surface area (Å²) >= 11 is 0. The molecule has 0 unspecified atom stereocenters. The fraction of sp³-hybridized carbons (Fsp3) is 0.429. The molecule has 3 N–H and O–H groups in total. The van der Waals surface area contributed by atoms with Crippen LogP contribution in [-0.2, 0) is 12.8 Å². The van der Waals surface area contributed by atoms with Gasteiger partial charge in [0, 0.05) is 25.0 Å². The summed E-state index contributed by atoms with van der Waals surface area (Å²) in [6.45, 7) is 1.51. The van der Waals surface area contributed by atoms with Crippen LogP contribution in [0.3, 0.4) is 0 Å². The summed E-state index contributed by atoms with van der Waals surface area (Å²) in [5.74, 6) is 2.65. The lowest BCUT2D eigenvalue weighted by molar-refractivity contribution is 0.352. The van der Waals surface area contributed by atoms with Crippen LogP contribution in [0.15, 0.2) is 24.3 Å². The average molecular weight is 214 g/mol. The molecule has 16 heavy (non-hydrogen) atoms. The normalized spacial score (nSPS) is 16.8. The second kappa shape index (κ2) is 4.69. The van der Waals surface area contributed by atoms with Crippen molar-refractivity contribution in [2.75, 3.05) is 13.1 Å². The zero-order valence-electron chi connectivity index (χ0n) is 9.50. The van der Waals surface area contributed by atoms with Crippen molar-refractivity contribution in [3.63, 3.8) is 0 Å². The van der Waals surface area contributed by atoms with Gasteiger partial charge in [0.1, 0.15) is 0 Å². The molecule has 0 heterocycles. The third kappa shape index (κ3) is 2.11. The highest BCUT2D eigenvalue weighted by Crippen LogP contribution is 2.29. The Kier molecular flexibility index (Phi) is 3.28. The van der Waals surface area contributed by atoms with Crippen molar-refractivity contribution in [3.8, 4) is 12.3 Å². The molecular weight excluding hydrogens is 196 g/mol. The number of fused-ring (bicyclic) bond motifs is 1. The van der Waals surface area contributed by atoms with Gasteiger partial charge >= 0.3 is 0 Å². The molecule has 0 atom stereocenters. The molecule has 2 rings (SSSR count). The quantitative estimate of drug-likeness (QED) is 0.582. The average Bonchev–Trinajstić information content (AvgIpc) is 2.68. The van der Waals surface area contributed by atoms with Crippen LogP contribution in [0.2, 0.25) is 0 Å². The van der Waals surface area contributed by atoms with Crippen molar-refractivity contribution in [1.82, 2.24) is 5.32 Å². The summed E-state index contributed by atoms with van der Waals surface area (Å²) in [4.78, 5) is 0. The third-order valence-corrected chi connectivity index (χ3v) is 3.34. The molecule has 1 aliphatic rings. The predicted molar refractivity (Wildman–Crippen MR) is 67.1 cm³/mol. The van der Waals surface area contributed by atoms with Crippen LogP contribution in [0.25, 0.3) is 0 Å². The first kappa shape index (κ1) is 11.2. The SMILES string of the molecule is C#CCCNC1(CN)Cc2ccccc2C1. The molecule has 1 aliphatic carbocycles. The van der Waals surface area contributed by atoms with Crippen LogP contribution >= 0.6 is 0 Å². The van der Waals surface area contributed by atoms with Crippen molar-refractivity contribution in [3.05, 3.63) is 35.4 Å². The predicted octanol–water partition coefficient (Wildman–Crippen LogP) is 1.10. The minimum absolute atomic E-state index is 0.0283. The Morgan fingerprint density at radius 3 is 2.44 bits per heavy atom. The molecule has 0 aromatic heterocycles. The van der Waals surface area contributed by atoms with Crippen LogP contribution in [0.4, 0.5) is 0 Å². The molecule has 0 aliphatic heterocycles. The van der Waals surface area contributed by atoms with Gasteiger partial charge < -0.3 is 11.1 Å². The van der Waals surface area contributed by atoms with Gasteiger partial charge in [0.25, 0.3) is 0 Å². The van der Waals surface area contributed by atoms with Gasteiger partial charge in [-0.15, -0.1) is 12.3 Å². The van der Waals surface area contributed by atoms with E-state index >= 15 is 0 Å². The Balaban J connectivity index is 2.08. The maximum atomic E-state index is 5.92. The number of hydrogen-bond acceptors (Lipinski definition) is 2.